The molecule has 2 aromatic heterocycles. The molecule has 0 spiro atoms. The van der Waals surface area contributed by atoms with Gasteiger partial charge in [-0.05, 0) is 30.7 Å². The first-order valence-corrected chi connectivity index (χ1v) is 12.9. The molecular weight excluding hydrogens is 558 g/mol. The molecule has 1 N–H and O–H groups in total. The second-order valence-corrected chi connectivity index (χ2v) is 10.5. The quantitative estimate of drug-likeness (QED) is 0.351. The number of hydrogen-bond donors (Lipinski definition) is 1. The molecule has 0 saturated carbocycles. The summed E-state index contributed by atoms with van der Waals surface area (Å²) in [5.74, 6) is -6.04. The zero-order valence-corrected chi connectivity index (χ0v) is 21.5. The number of rotatable bonds is 5. The Kier molecular flexibility index (Phi) is 6.26. The van der Waals surface area contributed by atoms with Gasteiger partial charge in [0.1, 0.15) is 28.2 Å². The van der Waals surface area contributed by atoms with E-state index >= 15 is 8.78 Å². The Morgan fingerprint density at radius 3 is 2.38 bits per heavy atom. The van der Waals surface area contributed by atoms with Crippen LogP contribution >= 0.6 is 11.8 Å². The van der Waals surface area contributed by atoms with Crippen LogP contribution in [0.3, 0.4) is 0 Å². The Balaban J connectivity index is 1.41. The van der Waals surface area contributed by atoms with Gasteiger partial charge < -0.3 is 23.4 Å². The Labute approximate surface area is 226 Å². The van der Waals surface area contributed by atoms with Crippen LogP contribution in [0.5, 0.6) is 0 Å². The molecule has 4 heterocycles. The third-order valence-corrected chi connectivity index (χ3v) is 8.44. The Morgan fingerprint density at radius 2 is 1.75 bits per heavy atom. The van der Waals surface area contributed by atoms with Gasteiger partial charge in [-0.2, -0.15) is 0 Å². The number of carboxylic acid groups (broad SMARTS) is 1. The average Bonchev–Trinajstić information content (AvgIpc) is 3.20. The van der Waals surface area contributed by atoms with Crippen molar-refractivity contribution in [1.82, 2.24) is 9.47 Å². The van der Waals surface area contributed by atoms with Gasteiger partial charge in [0.15, 0.2) is 23.2 Å². The van der Waals surface area contributed by atoms with Crippen molar-refractivity contribution in [3.8, 4) is 0 Å². The number of hydrogen-bond acceptors (Lipinski definition) is 8. The van der Waals surface area contributed by atoms with E-state index in [0.717, 1.165) is 30.0 Å². The van der Waals surface area contributed by atoms with E-state index in [0.29, 0.717) is 24.6 Å². The lowest BCUT2D eigenvalue weighted by molar-refractivity contribution is 0.0689. The van der Waals surface area contributed by atoms with Crippen LogP contribution in [0.4, 0.5) is 23.2 Å². The van der Waals surface area contributed by atoms with Crippen LogP contribution in [0.2, 0.25) is 0 Å². The van der Waals surface area contributed by atoms with Crippen molar-refractivity contribution >= 4 is 34.3 Å². The number of aromatic carboxylic acids is 1. The highest BCUT2D eigenvalue weighted by atomic mass is 32.2. The van der Waals surface area contributed by atoms with Gasteiger partial charge in [0.05, 0.1) is 22.5 Å². The number of carboxylic acids is 1. The molecule has 2 aliphatic rings. The number of nitrogens with zero attached hydrogens (tertiary/aromatic N) is 3. The molecule has 14 heteroatoms. The maximum atomic E-state index is 16.2. The standard InChI is InChI=1S/C26H19F4N3O6S/c1-11-17(39-26(37)38-11)10-31-4-6-32(7-5-31)21-16(29)9-13-20(19(21)30)33-23(12-2-3-14(27)15(28)8-12)40-24(33)18(22(13)34)25(35)36/h2-3,8-9,23H,4-7,10H2,1H3,(H,35,36). The van der Waals surface area contributed by atoms with Crippen LogP contribution in [0.1, 0.15) is 32.8 Å². The van der Waals surface area contributed by atoms with Crippen molar-refractivity contribution in [1.29, 1.82) is 0 Å². The average molecular weight is 578 g/mol. The molecule has 0 bridgehead atoms. The zero-order chi connectivity index (χ0) is 28.5. The number of aromatic nitrogens is 1. The van der Waals surface area contributed by atoms with Crippen molar-refractivity contribution in [2.75, 3.05) is 31.1 Å². The van der Waals surface area contributed by atoms with Gasteiger partial charge >= 0.3 is 11.8 Å². The van der Waals surface area contributed by atoms with Crippen LogP contribution in [0.15, 0.2) is 47.7 Å². The van der Waals surface area contributed by atoms with E-state index in [-0.39, 0.29) is 35.7 Å². The number of thioether (sulfide) groups is 1. The fourth-order valence-electron chi connectivity index (χ4n) is 5.12. The minimum Gasteiger partial charge on any atom is -0.477 e. The lowest BCUT2D eigenvalue weighted by Crippen LogP contribution is -2.46. The number of pyridine rings is 1. The molecule has 0 aliphatic carbocycles. The Hall–Kier alpha value is -4.04. The maximum Gasteiger partial charge on any atom is 0.519 e. The van der Waals surface area contributed by atoms with Crippen LogP contribution in [0.25, 0.3) is 10.9 Å². The molecule has 1 saturated heterocycles. The monoisotopic (exact) mass is 577 g/mol. The van der Waals surface area contributed by atoms with E-state index in [9.17, 15) is 28.3 Å². The predicted octanol–water partition coefficient (Wildman–Crippen LogP) is 4.09. The summed E-state index contributed by atoms with van der Waals surface area (Å²) in [6.45, 7) is 2.94. The molecule has 9 nitrogen and oxygen atoms in total. The van der Waals surface area contributed by atoms with Crippen molar-refractivity contribution in [2.24, 2.45) is 0 Å². The summed E-state index contributed by atoms with van der Waals surface area (Å²) in [5.41, 5.74) is -2.21. The zero-order valence-electron chi connectivity index (χ0n) is 20.7. The van der Waals surface area contributed by atoms with Crippen molar-refractivity contribution < 1.29 is 36.3 Å². The number of carbonyl (C=O) groups is 1. The molecule has 0 radical (unpaired) electrons. The van der Waals surface area contributed by atoms with Gasteiger partial charge in [0.25, 0.3) is 0 Å². The fraction of sp³-hybridized carbons (Fsp3) is 0.269. The summed E-state index contributed by atoms with van der Waals surface area (Å²) in [4.78, 5) is 39.7. The topological polar surface area (TPSA) is 109 Å². The second kappa shape index (κ2) is 9.55. The number of aryl methyl sites for hydroxylation is 1. The fourth-order valence-corrected chi connectivity index (χ4v) is 6.38. The molecule has 40 heavy (non-hydrogen) atoms. The lowest BCUT2D eigenvalue weighted by Gasteiger charge is -2.38. The number of piperazine rings is 1. The van der Waals surface area contributed by atoms with E-state index in [1.807, 2.05) is 4.90 Å². The highest BCUT2D eigenvalue weighted by Gasteiger charge is 2.39. The molecule has 1 atom stereocenters. The summed E-state index contributed by atoms with van der Waals surface area (Å²) in [7, 11) is 0. The number of fused-ring (bicyclic) bond motifs is 3. The third-order valence-electron chi connectivity index (χ3n) is 7.11. The molecule has 1 unspecified atom stereocenters. The first kappa shape index (κ1) is 26.2. The summed E-state index contributed by atoms with van der Waals surface area (Å²) in [5, 5.41) is 8.25. The van der Waals surface area contributed by atoms with E-state index in [1.54, 1.807) is 6.92 Å². The van der Waals surface area contributed by atoms with E-state index in [1.165, 1.54) is 15.5 Å². The van der Waals surface area contributed by atoms with Crippen LogP contribution in [0, 0.1) is 30.2 Å². The molecule has 2 aliphatic heterocycles. The third kappa shape index (κ3) is 4.09. The molecule has 6 rings (SSSR count). The van der Waals surface area contributed by atoms with Gasteiger partial charge in [0, 0.05) is 26.2 Å². The number of anilines is 1. The first-order chi connectivity index (χ1) is 19.0. The summed E-state index contributed by atoms with van der Waals surface area (Å²) in [6, 6.07) is 3.89. The first-order valence-electron chi connectivity index (χ1n) is 12.1. The van der Waals surface area contributed by atoms with Gasteiger partial charge in [-0.1, -0.05) is 17.8 Å². The Bertz CT molecular complexity index is 1830. The van der Waals surface area contributed by atoms with Gasteiger partial charge in [-0.25, -0.2) is 27.2 Å². The smallest absolute Gasteiger partial charge is 0.477 e. The lowest BCUT2D eigenvalue weighted by atomic mass is 10.1. The highest BCUT2D eigenvalue weighted by molar-refractivity contribution is 8.00. The summed E-state index contributed by atoms with van der Waals surface area (Å²) >= 11 is 0.883. The second-order valence-electron chi connectivity index (χ2n) is 9.44. The van der Waals surface area contributed by atoms with E-state index < -0.39 is 62.5 Å². The molecule has 2 aromatic carbocycles. The largest absolute Gasteiger partial charge is 0.519 e. The minimum absolute atomic E-state index is 0.0713. The molecule has 0 amide bonds. The summed E-state index contributed by atoms with van der Waals surface area (Å²) < 4.78 is 70.3. The van der Waals surface area contributed by atoms with Crippen LogP contribution < -0.4 is 16.2 Å². The van der Waals surface area contributed by atoms with Gasteiger partial charge in [0.2, 0.25) is 5.43 Å². The SMILES string of the molecule is Cc1oc(=O)oc1CN1CCN(c2c(F)cc3c(=O)c(C(=O)O)c4n(c3c2F)C(c2ccc(F)c(F)c2)S4)CC1. The van der Waals surface area contributed by atoms with Crippen LogP contribution in [-0.4, -0.2) is 46.7 Å². The highest BCUT2D eigenvalue weighted by Crippen LogP contribution is 2.51. The minimum atomic E-state index is -1.57. The van der Waals surface area contributed by atoms with E-state index in [4.69, 9.17) is 8.83 Å². The Morgan fingerprint density at radius 1 is 1.02 bits per heavy atom. The van der Waals surface area contributed by atoms with Crippen molar-refractivity contribution in [2.45, 2.75) is 23.9 Å². The summed E-state index contributed by atoms with van der Waals surface area (Å²) in [6.07, 6.45) is 0. The van der Waals surface area contributed by atoms with Gasteiger partial charge in [-0.3, -0.25) is 9.69 Å². The van der Waals surface area contributed by atoms with Crippen molar-refractivity contribution in [3.05, 3.63) is 91.0 Å². The van der Waals surface area contributed by atoms with Crippen LogP contribution in [-0.2, 0) is 6.54 Å². The number of benzene rings is 2. The maximum absolute atomic E-state index is 16.2. The molecule has 208 valence electrons. The van der Waals surface area contributed by atoms with E-state index in [2.05, 4.69) is 0 Å². The predicted molar refractivity (Wildman–Crippen MR) is 135 cm³/mol. The number of halogens is 4. The van der Waals surface area contributed by atoms with Gasteiger partial charge in [-0.15, -0.1) is 0 Å². The van der Waals surface area contributed by atoms with Crippen molar-refractivity contribution in [3.63, 3.8) is 0 Å². The normalized spacial score (nSPS) is 17.2. The molecule has 1 fully saturated rings. The molecular formula is C26H19F4N3O6S. The molecule has 4 aromatic rings.